The molecule has 1 aromatic rings. The molecule has 1 rings (SSSR count). The van der Waals surface area contributed by atoms with E-state index in [2.05, 4.69) is 0 Å². The van der Waals surface area contributed by atoms with Crippen LogP contribution in [-0.2, 0) is 9.59 Å². The maximum atomic E-state index is 10.1. The molecule has 6 nitrogen and oxygen atoms in total. The molecule has 0 bridgehead atoms. The zero-order valence-electron chi connectivity index (χ0n) is 9.57. The van der Waals surface area contributed by atoms with E-state index >= 15 is 0 Å². The van der Waals surface area contributed by atoms with Crippen LogP contribution in [-0.4, -0.2) is 28.1 Å². The van der Waals surface area contributed by atoms with Crippen molar-refractivity contribution in [3.8, 4) is 0 Å². The van der Waals surface area contributed by atoms with Crippen molar-refractivity contribution >= 4 is 17.9 Å². The predicted molar refractivity (Wildman–Crippen MR) is 55.2 cm³/mol. The Morgan fingerprint density at radius 1 is 0.944 bits per heavy atom. The molecule has 0 aliphatic rings. The second kappa shape index (κ2) is 10.5. The van der Waals surface area contributed by atoms with Crippen LogP contribution in [0.15, 0.2) is 42.5 Å². The van der Waals surface area contributed by atoms with Crippen molar-refractivity contribution in [1.29, 1.82) is 0 Å². The Balaban J connectivity index is 0. The number of carbonyl (C=O) groups excluding carboxylic acids is 1. The Morgan fingerprint density at radius 3 is 1.56 bits per heavy atom. The number of hydrogen-bond donors (Lipinski definition) is 2. The van der Waals surface area contributed by atoms with Gasteiger partial charge in [-0.3, -0.25) is 0 Å². The summed E-state index contributed by atoms with van der Waals surface area (Å²) in [5, 5.41) is 25.7. The fourth-order valence-corrected chi connectivity index (χ4v) is 0.717. The minimum atomic E-state index is -1.26. The van der Waals surface area contributed by atoms with Crippen LogP contribution in [0.1, 0.15) is 10.4 Å². The molecule has 0 amide bonds. The third-order valence-electron chi connectivity index (χ3n) is 1.38. The zero-order chi connectivity index (χ0) is 13.3. The van der Waals surface area contributed by atoms with Crippen molar-refractivity contribution in [2.45, 2.75) is 0 Å². The van der Waals surface area contributed by atoms with E-state index in [0.29, 0.717) is 12.2 Å². The van der Waals surface area contributed by atoms with Crippen molar-refractivity contribution in [3.05, 3.63) is 48.0 Å². The summed E-state index contributed by atoms with van der Waals surface area (Å²) in [6.45, 7) is 0. The van der Waals surface area contributed by atoms with Gasteiger partial charge in [-0.05, 0) is 5.56 Å². The number of aliphatic carboxylic acids is 2. The molecule has 0 radical (unpaired) electrons. The summed E-state index contributed by atoms with van der Waals surface area (Å²) in [6, 6.07) is 8.06. The summed E-state index contributed by atoms with van der Waals surface area (Å²) in [7, 11) is 0. The van der Waals surface area contributed by atoms with E-state index in [4.69, 9.17) is 10.2 Å². The average molecular weight is 260 g/mol. The number of carboxylic acids is 3. The number of benzene rings is 1. The summed E-state index contributed by atoms with van der Waals surface area (Å²) in [6.07, 6.45) is 1.12. The van der Waals surface area contributed by atoms with Gasteiger partial charge in [-0.25, -0.2) is 9.59 Å². The van der Waals surface area contributed by atoms with E-state index in [9.17, 15) is 19.5 Å². The summed E-state index contributed by atoms with van der Waals surface area (Å²) < 4.78 is 0. The molecule has 18 heavy (non-hydrogen) atoms. The molecule has 0 heterocycles. The first-order valence-electron chi connectivity index (χ1n) is 4.34. The second-order valence-corrected chi connectivity index (χ2v) is 2.66. The minimum absolute atomic E-state index is 0. The maximum absolute atomic E-state index is 10.1. The molecule has 0 aliphatic heterocycles. The van der Waals surface area contributed by atoms with Gasteiger partial charge in [-0.15, -0.1) is 0 Å². The van der Waals surface area contributed by atoms with Gasteiger partial charge in [0.2, 0.25) is 0 Å². The summed E-state index contributed by atoms with van der Waals surface area (Å²) in [4.78, 5) is 29.2. The molecule has 0 aliphatic carbocycles. The van der Waals surface area contributed by atoms with Gasteiger partial charge in [-0.1, -0.05) is 30.3 Å². The standard InChI is InChI=1S/C7H6O2.C4H4O4.Na/c8-7(9)6-4-2-1-3-5-6;5-3(6)1-2-4(7)8;/h1-5H,(H,8,9);1-2H,(H,5,6)(H,7,8);/q;;+1/p-1/b;2-1+;. The second-order valence-electron chi connectivity index (χ2n) is 2.66. The predicted octanol–water partition coefficient (Wildman–Crippen LogP) is -3.23. The smallest absolute Gasteiger partial charge is 0.545 e. The van der Waals surface area contributed by atoms with Gasteiger partial charge in [-0.2, -0.15) is 0 Å². The number of rotatable bonds is 3. The van der Waals surface area contributed by atoms with E-state index in [0.717, 1.165) is 0 Å². The largest absolute Gasteiger partial charge is 1.00 e. The number of hydrogen-bond acceptors (Lipinski definition) is 4. The first-order chi connectivity index (χ1) is 7.93. The Labute approximate surface area is 125 Å². The van der Waals surface area contributed by atoms with Crippen LogP contribution < -0.4 is 34.7 Å². The van der Waals surface area contributed by atoms with Crippen molar-refractivity contribution in [2.24, 2.45) is 0 Å². The number of aromatic carboxylic acids is 1. The monoisotopic (exact) mass is 260 g/mol. The van der Waals surface area contributed by atoms with E-state index in [1.165, 1.54) is 12.1 Å². The van der Waals surface area contributed by atoms with Crippen LogP contribution in [0.25, 0.3) is 0 Å². The molecular weight excluding hydrogens is 251 g/mol. The SMILES string of the molecule is O=C(O)/C=C/C(=O)O.O=C([O-])c1ccccc1.[Na+]. The topological polar surface area (TPSA) is 115 Å². The van der Waals surface area contributed by atoms with Crippen LogP contribution >= 0.6 is 0 Å². The minimum Gasteiger partial charge on any atom is -0.545 e. The quantitative estimate of drug-likeness (QED) is 0.436. The number of carbonyl (C=O) groups is 3. The fraction of sp³-hybridized carbons (Fsp3) is 0. The molecule has 0 saturated heterocycles. The average Bonchev–Trinajstić information content (AvgIpc) is 2.28. The normalized spacial score (nSPS) is 8.67. The zero-order valence-corrected chi connectivity index (χ0v) is 11.6. The third kappa shape index (κ3) is 10.9. The van der Waals surface area contributed by atoms with Gasteiger partial charge in [0.25, 0.3) is 0 Å². The van der Waals surface area contributed by atoms with Crippen LogP contribution in [0.3, 0.4) is 0 Å². The van der Waals surface area contributed by atoms with Crippen molar-refractivity contribution in [1.82, 2.24) is 0 Å². The first-order valence-corrected chi connectivity index (χ1v) is 4.34. The van der Waals surface area contributed by atoms with Crippen molar-refractivity contribution in [2.75, 3.05) is 0 Å². The van der Waals surface area contributed by atoms with Crippen LogP contribution in [0.2, 0.25) is 0 Å². The van der Waals surface area contributed by atoms with Gasteiger partial charge < -0.3 is 20.1 Å². The molecule has 7 heteroatoms. The molecule has 1 aromatic carbocycles. The Bertz CT molecular complexity index is 410. The van der Waals surface area contributed by atoms with Crippen LogP contribution in [0, 0.1) is 0 Å². The Kier molecular flexibility index (Phi) is 10.9. The Morgan fingerprint density at radius 2 is 1.33 bits per heavy atom. The molecule has 0 aromatic heterocycles. The maximum Gasteiger partial charge on any atom is 1.00 e. The summed E-state index contributed by atoms with van der Waals surface area (Å²) in [5.41, 5.74) is 0.220. The first kappa shape index (κ1) is 18.7. The molecule has 0 atom stereocenters. The van der Waals surface area contributed by atoms with Crippen molar-refractivity contribution in [3.63, 3.8) is 0 Å². The van der Waals surface area contributed by atoms with Gasteiger partial charge >= 0.3 is 41.5 Å². The van der Waals surface area contributed by atoms with Gasteiger partial charge in [0.1, 0.15) is 0 Å². The van der Waals surface area contributed by atoms with Crippen LogP contribution in [0.4, 0.5) is 0 Å². The van der Waals surface area contributed by atoms with Gasteiger partial charge in [0.15, 0.2) is 0 Å². The van der Waals surface area contributed by atoms with Crippen molar-refractivity contribution < 1.29 is 59.3 Å². The molecule has 0 spiro atoms. The van der Waals surface area contributed by atoms with E-state index in [1.54, 1.807) is 18.2 Å². The molecule has 0 fully saturated rings. The van der Waals surface area contributed by atoms with E-state index < -0.39 is 17.9 Å². The third-order valence-corrected chi connectivity index (χ3v) is 1.38. The fourth-order valence-electron chi connectivity index (χ4n) is 0.717. The molecule has 2 N–H and O–H groups in total. The van der Waals surface area contributed by atoms with Crippen LogP contribution in [0.5, 0.6) is 0 Å². The van der Waals surface area contributed by atoms with Gasteiger partial charge in [0.05, 0.1) is 5.97 Å². The molecular formula is C11H9NaO6. The number of carboxylic acid groups (broad SMARTS) is 3. The summed E-state index contributed by atoms with van der Waals surface area (Å²) >= 11 is 0. The summed E-state index contributed by atoms with van der Waals surface area (Å²) in [5.74, 6) is -3.64. The van der Waals surface area contributed by atoms with E-state index in [-0.39, 0.29) is 35.1 Å². The molecule has 0 unspecified atom stereocenters. The van der Waals surface area contributed by atoms with E-state index in [1.807, 2.05) is 0 Å². The Hall–Kier alpha value is -1.63. The van der Waals surface area contributed by atoms with Gasteiger partial charge in [0, 0.05) is 12.2 Å². The molecule has 90 valence electrons. The molecule has 0 saturated carbocycles.